The molecule has 0 radical (unpaired) electrons. The number of carboxylic acid groups (broad SMARTS) is 1. The predicted molar refractivity (Wildman–Crippen MR) is 97.8 cm³/mol. The Kier molecular flexibility index (Phi) is 5.91. The zero-order valence-electron chi connectivity index (χ0n) is 14.9. The first-order valence-electron chi connectivity index (χ1n) is 9.44. The molecule has 2 aliphatic carbocycles. The summed E-state index contributed by atoms with van der Waals surface area (Å²) in [6.07, 6.45) is 8.32. The Hall–Kier alpha value is -2.37. The van der Waals surface area contributed by atoms with Gasteiger partial charge >= 0.3 is 5.97 Å². The van der Waals surface area contributed by atoms with E-state index in [4.69, 9.17) is 5.11 Å². The van der Waals surface area contributed by atoms with Crippen LogP contribution in [0.5, 0.6) is 0 Å². The van der Waals surface area contributed by atoms with Gasteiger partial charge in [0.2, 0.25) is 5.91 Å². The van der Waals surface area contributed by atoms with Crippen LogP contribution in [0.3, 0.4) is 0 Å². The molecule has 2 fully saturated rings. The van der Waals surface area contributed by atoms with Crippen molar-refractivity contribution in [3.63, 3.8) is 0 Å². The second kappa shape index (κ2) is 8.34. The maximum Gasteiger partial charge on any atom is 0.322 e. The van der Waals surface area contributed by atoms with E-state index in [1.807, 2.05) is 0 Å². The number of amides is 2. The third kappa shape index (κ3) is 4.62. The highest BCUT2D eigenvalue weighted by atomic mass is 16.4. The van der Waals surface area contributed by atoms with E-state index in [1.54, 1.807) is 24.3 Å². The summed E-state index contributed by atoms with van der Waals surface area (Å²) in [5, 5.41) is 13.9. The maximum absolute atomic E-state index is 12.6. The quantitative estimate of drug-likeness (QED) is 0.754. The van der Waals surface area contributed by atoms with Gasteiger partial charge in [0.25, 0.3) is 5.91 Å². The molecule has 0 bridgehead atoms. The minimum atomic E-state index is -1.09. The van der Waals surface area contributed by atoms with E-state index < -0.39 is 18.4 Å². The lowest BCUT2D eigenvalue weighted by molar-refractivity contribution is -0.135. The molecule has 3 unspecified atom stereocenters. The van der Waals surface area contributed by atoms with Gasteiger partial charge in [-0.05, 0) is 55.4 Å². The Morgan fingerprint density at radius 3 is 2.35 bits per heavy atom. The van der Waals surface area contributed by atoms with Gasteiger partial charge in [0.1, 0.15) is 6.54 Å². The fourth-order valence-corrected chi connectivity index (χ4v) is 4.32. The number of nitrogens with one attached hydrogen (secondary N) is 2. The number of carboxylic acids is 1. The number of aliphatic carboxylic acids is 1. The zero-order valence-corrected chi connectivity index (χ0v) is 14.9. The minimum absolute atomic E-state index is 0.0668. The van der Waals surface area contributed by atoms with Crippen LogP contribution < -0.4 is 10.6 Å². The molecule has 0 heterocycles. The smallest absolute Gasteiger partial charge is 0.322 e. The van der Waals surface area contributed by atoms with Crippen molar-refractivity contribution in [1.29, 1.82) is 0 Å². The average Bonchev–Trinajstić information content (AvgIpc) is 2.66. The Labute approximate surface area is 153 Å². The Morgan fingerprint density at radius 2 is 1.65 bits per heavy atom. The fourth-order valence-electron chi connectivity index (χ4n) is 4.32. The molecule has 140 valence electrons. The summed E-state index contributed by atoms with van der Waals surface area (Å²) in [5.74, 6) is 0.130. The van der Waals surface area contributed by atoms with Crippen molar-refractivity contribution in [2.75, 3.05) is 11.9 Å². The van der Waals surface area contributed by atoms with Crippen molar-refractivity contribution in [2.24, 2.45) is 17.8 Å². The average molecular weight is 358 g/mol. The highest BCUT2D eigenvalue weighted by Gasteiger charge is 2.34. The summed E-state index contributed by atoms with van der Waals surface area (Å²) < 4.78 is 0. The van der Waals surface area contributed by atoms with Crippen molar-refractivity contribution in [2.45, 2.75) is 44.9 Å². The van der Waals surface area contributed by atoms with E-state index >= 15 is 0 Å². The Balaban J connectivity index is 1.53. The number of carbonyl (C=O) groups is 3. The number of benzene rings is 1. The number of fused-ring (bicyclic) bond motifs is 1. The summed E-state index contributed by atoms with van der Waals surface area (Å²) >= 11 is 0. The van der Waals surface area contributed by atoms with Crippen molar-refractivity contribution in [3.05, 3.63) is 29.8 Å². The lowest BCUT2D eigenvalue weighted by Gasteiger charge is -2.38. The van der Waals surface area contributed by atoms with Crippen molar-refractivity contribution < 1.29 is 19.5 Å². The molecule has 2 aliphatic rings. The van der Waals surface area contributed by atoms with Crippen LogP contribution in [0.25, 0.3) is 0 Å². The number of anilines is 1. The van der Waals surface area contributed by atoms with E-state index in [-0.39, 0.29) is 11.8 Å². The summed E-state index contributed by atoms with van der Waals surface area (Å²) in [6.45, 7) is -0.416. The van der Waals surface area contributed by atoms with Gasteiger partial charge in [-0.2, -0.15) is 0 Å². The van der Waals surface area contributed by atoms with Gasteiger partial charge in [0, 0.05) is 17.2 Å². The summed E-state index contributed by atoms with van der Waals surface area (Å²) in [4.78, 5) is 34.9. The third-order valence-electron chi connectivity index (χ3n) is 5.73. The van der Waals surface area contributed by atoms with E-state index in [9.17, 15) is 14.4 Å². The van der Waals surface area contributed by atoms with Crippen LogP contribution in [0.1, 0.15) is 55.3 Å². The first kappa shape index (κ1) is 18.4. The van der Waals surface area contributed by atoms with Crippen molar-refractivity contribution in [3.8, 4) is 0 Å². The molecule has 3 atom stereocenters. The van der Waals surface area contributed by atoms with Gasteiger partial charge in [0.05, 0.1) is 0 Å². The van der Waals surface area contributed by atoms with Crippen LogP contribution in [0.4, 0.5) is 5.69 Å². The highest BCUT2D eigenvalue weighted by molar-refractivity contribution is 5.97. The Morgan fingerprint density at radius 1 is 0.962 bits per heavy atom. The van der Waals surface area contributed by atoms with Crippen LogP contribution >= 0.6 is 0 Å². The highest BCUT2D eigenvalue weighted by Crippen LogP contribution is 2.42. The molecule has 1 aromatic rings. The van der Waals surface area contributed by atoms with Crippen LogP contribution in [0.2, 0.25) is 0 Å². The number of hydrogen-bond donors (Lipinski definition) is 3. The first-order valence-corrected chi connectivity index (χ1v) is 9.44. The van der Waals surface area contributed by atoms with Crippen LogP contribution in [-0.2, 0) is 9.59 Å². The molecule has 6 nitrogen and oxygen atoms in total. The molecule has 0 aromatic heterocycles. The van der Waals surface area contributed by atoms with Crippen molar-refractivity contribution >= 4 is 23.5 Å². The van der Waals surface area contributed by atoms with Gasteiger partial charge < -0.3 is 15.7 Å². The van der Waals surface area contributed by atoms with E-state index in [0.717, 1.165) is 25.2 Å². The van der Waals surface area contributed by atoms with Crippen LogP contribution in [0, 0.1) is 17.8 Å². The molecule has 2 saturated carbocycles. The van der Waals surface area contributed by atoms with Crippen LogP contribution in [-0.4, -0.2) is 29.4 Å². The van der Waals surface area contributed by atoms with Crippen molar-refractivity contribution in [1.82, 2.24) is 5.32 Å². The fraction of sp³-hybridized carbons (Fsp3) is 0.550. The summed E-state index contributed by atoms with van der Waals surface area (Å²) in [6, 6.07) is 6.54. The second-order valence-corrected chi connectivity index (χ2v) is 7.46. The van der Waals surface area contributed by atoms with Gasteiger partial charge in [-0.15, -0.1) is 0 Å². The molecule has 2 amide bonds. The minimum Gasteiger partial charge on any atom is -0.480 e. The second-order valence-electron chi connectivity index (χ2n) is 7.46. The molecule has 0 aliphatic heterocycles. The predicted octanol–water partition coefficient (Wildman–Crippen LogP) is 3.05. The van der Waals surface area contributed by atoms with E-state index in [2.05, 4.69) is 10.6 Å². The SMILES string of the molecule is O=C(O)CNC(=O)c1ccc(NC(=O)C2CCC3CCCCC3C2)cc1. The molecule has 3 rings (SSSR count). The van der Waals surface area contributed by atoms with Crippen LogP contribution in [0.15, 0.2) is 24.3 Å². The van der Waals surface area contributed by atoms with Gasteiger partial charge in [-0.1, -0.05) is 25.7 Å². The normalized spacial score (nSPS) is 25.0. The number of rotatable bonds is 5. The molecular formula is C20H26N2O4. The maximum atomic E-state index is 12.6. The molecule has 3 N–H and O–H groups in total. The largest absolute Gasteiger partial charge is 0.480 e. The molecular weight excluding hydrogens is 332 g/mol. The number of carbonyl (C=O) groups excluding carboxylic acids is 2. The third-order valence-corrected chi connectivity index (χ3v) is 5.73. The summed E-state index contributed by atoms with van der Waals surface area (Å²) in [7, 11) is 0. The lowest BCUT2D eigenvalue weighted by Crippen LogP contribution is -2.33. The van der Waals surface area contributed by atoms with E-state index in [0.29, 0.717) is 17.2 Å². The molecule has 0 saturated heterocycles. The zero-order chi connectivity index (χ0) is 18.5. The van der Waals surface area contributed by atoms with E-state index in [1.165, 1.54) is 25.7 Å². The van der Waals surface area contributed by atoms with Gasteiger partial charge in [-0.25, -0.2) is 0 Å². The summed E-state index contributed by atoms with van der Waals surface area (Å²) in [5.41, 5.74) is 1.03. The molecule has 0 spiro atoms. The Bertz CT molecular complexity index is 671. The molecule has 26 heavy (non-hydrogen) atoms. The first-order chi connectivity index (χ1) is 12.5. The topological polar surface area (TPSA) is 95.5 Å². The van der Waals surface area contributed by atoms with Gasteiger partial charge in [0.15, 0.2) is 0 Å². The molecule has 1 aromatic carbocycles. The lowest BCUT2D eigenvalue weighted by atomic mass is 9.67. The van der Waals surface area contributed by atoms with Gasteiger partial charge in [-0.3, -0.25) is 14.4 Å². The monoisotopic (exact) mass is 358 g/mol. The molecule has 6 heteroatoms. The number of hydrogen-bond acceptors (Lipinski definition) is 3. The standard InChI is InChI=1S/C20H26N2O4/c23-18(24)12-21-19(25)14-7-9-17(10-8-14)22-20(26)16-6-5-13-3-1-2-4-15(13)11-16/h7-10,13,15-16H,1-6,11-12H2,(H,21,25)(H,22,26)(H,23,24).